The topological polar surface area (TPSA) is 12.9 Å². The van der Waals surface area contributed by atoms with Crippen molar-refractivity contribution in [1.82, 2.24) is 4.98 Å². The third-order valence-corrected chi connectivity index (χ3v) is 6.93. The summed E-state index contributed by atoms with van der Waals surface area (Å²) >= 11 is 0. The van der Waals surface area contributed by atoms with E-state index in [-0.39, 0.29) is 5.89 Å². The van der Waals surface area contributed by atoms with E-state index < -0.39 is 8.07 Å². The van der Waals surface area contributed by atoms with Gasteiger partial charge in [0.25, 0.3) is 0 Å². The second kappa shape index (κ2) is 7.00. The van der Waals surface area contributed by atoms with Crippen molar-refractivity contribution in [3.8, 4) is 11.3 Å². The summed E-state index contributed by atoms with van der Waals surface area (Å²) in [6.07, 6.45) is 8.80. The van der Waals surface area contributed by atoms with E-state index >= 15 is 0 Å². The van der Waals surface area contributed by atoms with Crippen molar-refractivity contribution >= 4 is 13.3 Å². The van der Waals surface area contributed by atoms with Crippen molar-refractivity contribution in [2.24, 2.45) is 5.89 Å². The minimum Gasteiger partial charge on any atom is -0.256 e. The number of hydrogen-bond acceptors (Lipinski definition) is 1. The van der Waals surface area contributed by atoms with Gasteiger partial charge in [-0.3, -0.25) is 4.98 Å². The number of rotatable bonds is 4. The molecule has 0 amide bonds. The maximum absolute atomic E-state index is 8.93. The molecule has 0 N–H and O–H groups in total. The fourth-order valence-corrected chi connectivity index (χ4v) is 5.16. The van der Waals surface area contributed by atoms with Crippen LogP contribution in [0.3, 0.4) is 0 Å². The summed E-state index contributed by atoms with van der Waals surface area (Å²) in [5, 5.41) is 1.43. The molecule has 1 aromatic carbocycles. The average Bonchev–Trinajstić information content (AvgIpc) is 2.55. The molecular weight excluding hydrogens is 294 g/mol. The van der Waals surface area contributed by atoms with Crippen molar-refractivity contribution in [2.75, 3.05) is 0 Å². The highest BCUT2D eigenvalue weighted by molar-refractivity contribution is 6.89. The normalized spacial score (nSPS) is 18.5. The third-order valence-electron chi connectivity index (χ3n) is 4.87. The van der Waals surface area contributed by atoms with Gasteiger partial charge in [0.05, 0.1) is 13.8 Å². The van der Waals surface area contributed by atoms with Gasteiger partial charge in [0.15, 0.2) is 0 Å². The van der Waals surface area contributed by atoms with Crippen LogP contribution < -0.4 is 5.19 Å². The molecular formula is C21H29NSi. The summed E-state index contributed by atoms with van der Waals surface area (Å²) in [7, 11) is -1.47. The Kier molecular flexibility index (Phi) is 4.61. The maximum atomic E-state index is 8.93. The van der Waals surface area contributed by atoms with Crippen molar-refractivity contribution in [3.63, 3.8) is 0 Å². The predicted octanol–water partition coefficient (Wildman–Crippen LogP) is 5.42. The van der Waals surface area contributed by atoms with Crippen molar-refractivity contribution < 1.29 is 1.37 Å². The van der Waals surface area contributed by atoms with Gasteiger partial charge in [0, 0.05) is 13.1 Å². The maximum Gasteiger partial charge on any atom is 0.0799 e. The zero-order valence-corrected chi connectivity index (χ0v) is 15.7. The van der Waals surface area contributed by atoms with Gasteiger partial charge in [0.2, 0.25) is 0 Å². The van der Waals surface area contributed by atoms with Crippen LogP contribution in [0.25, 0.3) is 11.3 Å². The first-order valence-electron chi connectivity index (χ1n) is 9.42. The SMILES string of the molecule is [2H]C1(Cc2cc(-c3ccccc3)ncc2[Si](C)(C)C)CCCCC1. The van der Waals surface area contributed by atoms with Crippen molar-refractivity contribution in [3.05, 3.63) is 48.2 Å². The van der Waals surface area contributed by atoms with Crippen LogP contribution in [0.2, 0.25) is 19.6 Å². The molecule has 2 heteroatoms. The van der Waals surface area contributed by atoms with Gasteiger partial charge in [-0.05, 0) is 29.1 Å². The summed E-state index contributed by atoms with van der Waals surface area (Å²) in [5.74, 6) is -0.276. The van der Waals surface area contributed by atoms with Gasteiger partial charge < -0.3 is 0 Å². The fraction of sp³-hybridized carbons (Fsp3) is 0.476. The predicted molar refractivity (Wildman–Crippen MR) is 103 cm³/mol. The van der Waals surface area contributed by atoms with Crippen LogP contribution in [0.15, 0.2) is 42.6 Å². The van der Waals surface area contributed by atoms with E-state index in [0.717, 1.165) is 25.0 Å². The highest BCUT2D eigenvalue weighted by atomic mass is 28.3. The fourth-order valence-electron chi connectivity index (χ4n) is 3.58. The van der Waals surface area contributed by atoms with Crippen LogP contribution in [-0.4, -0.2) is 13.1 Å². The van der Waals surface area contributed by atoms with Gasteiger partial charge in [-0.2, -0.15) is 0 Å². The van der Waals surface area contributed by atoms with Crippen LogP contribution in [0.4, 0.5) is 0 Å². The number of nitrogens with zero attached hydrogens (tertiary/aromatic N) is 1. The summed E-state index contributed by atoms with van der Waals surface area (Å²) in [6, 6.07) is 12.7. The zero-order valence-electron chi connectivity index (χ0n) is 15.7. The van der Waals surface area contributed by atoms with Crippen LogP contribution in [0.1, 0.15) is 39.0 Å². The Labute approximate surface area is 143 Å². The molecule has 1 heterocycles. The lowest BCUT2D eigenvalue weighted by atomic mass is 9.85. The van der Waals surface area contributed by atoms with E-state index in [2.05, 4.69) is 56.2 Å². The average molecular weight is 325 g/mol. The van der Waals surface area contributed by atoms with Gasteiger partial charge in [-0.1, -0.05) is 82.1 Å². The summed E-state index contributed by atoms with van der Waals surface area (Å²) < 4.78 is 8.93. The molecule has 1 saturated carbocycles. The molecule has 1 aliphatic carbocycles. The minimum absolute atomic E-state index is 0.276. The quantitative estimate of drug-likeness (QED) is 0.685. The first kappa shape index (κ1) is 15.1. The van der Waals surface area contributed by atoms with Gasteiger partial charge in [-0.15, -0.1) is 0 Å². The molecule has 0 aliphatic heterocycles. The molecule has 0 atom stereocenters. The lowest BCUT2D eigenvalue weighted by Crippen LogP contribution is -2.41. The van der Waals surface area contributed by atoms with E-state index in [4.69, 9.17) is 6.35 Å². The van der Waals surface area contributed by atoms with Gasteiger partial charge >= 0.3 is 0 Å². The molecule has 1 aliphatic rings. The van der Waals surface area contributed by atoms with Crippen molar-refractivity contribution in [2.45, 2.75) is 58.2 Å². The largest absolute Gasteiger partial charge is 0.256 e. The highest BCUT2D eigenvalue weighted by Crippen LogP contribution is 2.28. The Morgan fingerprint density at radius 3 is 2.43 bits per heavy atom. The number of benzene rings is 1. The van der Waals surface area contributed by atoms with E-state index in [1.807, 2.05) is 6.07 Å². The molecule has 2 aromatic rings. The second-order valence-corrected chi connectivity index (χ2v) is 12.9. The van der Waals surface area contributed by atoms with Crippen LogP contribution in [-0.2, 0) is 6.42 Å². The zero-order chi connectivity index (χ0) is 17.2. The lowest BCUT2D eigenvalue weighted by Gasteiger charge is -2.26. The van der Waals surface area contributed by atoms with Crippen LogP contribution in [0.5, 0.6) is 0 Å². The minimum atomic E-state index is -1.47. The standard InChI is InChI=1S/C21H29NSi/c1-23(2,3)21-16-22-20(18-12-8-5-9-13-18)15-19(21)14-17-10-6-4-7-11-17/h5,8-9,12-13,15-17H,4,6-7,10-11,14H2,1-3H3/i17D. The highest BCUT2D eigenvalue weighted by Gasteiger charge is 2.23. The summed E-state index contributed by atoms with van der Waals surface area (Å²) in [6.45, 7) is 7.15. The molecule has 0 spiro atoms. The molecule has 0 radical (unpaired) electrons. The molecule has 3 rings (SSSR count). The molecule has 1 aromatic heterocycles. The molecule has 0 bridgehead atoms. The monoisotopic (exact) mass is 324 g/mol. The number of hydrogen-bond donors (Lipinski definition) is 0. The molecule has 1 nitrogen and oxygen atoms in total. The second-order valence-electron chi connectivity index (χ2n) is 7.83. The Bertz CT molecular complexity index is 685. The van der Waals surface area contributed by atoms with Gasteiger partial charge in [-0.25, -0.2) is 0 Å². The van der Waals surface area contributed by atoms with Crippen LogP contribution >= 0.6 is 0 Å². The molecule has 0 unspecified atom stereocenters. The number of aromatic nitrogens is 1. The summed E-state index contributed by atoms with van der Waals surface area (Å²) in [4.78, 5) is 4.77. The van der Waals surface area contributed by atoms with E-state index in [9.17, 15) is 0 Å². The summed E-state index contributed by atoms with van der Waals surface area (Å²) in [5.41, 5.74) is 3.59. The first-order valence-corrected chi connectivity index (χ1v) is 12.4. The van der Waals surface area contributed by atoms with Crippen LogP contribution in [0, 0.1) is 5.89 Å². The van der Waals surface area contributed by atoms with Gasteiger partial charge in [0.1, 0.15) is 0 Å². The van der Waals surface area contributed by atoms with E-state index in [1.165, 1.54) is 35.6 Å². The Balaban J connectivity index is 2.00. The number of pyridine rings is 1. The Morgan fingerprint density at radius 1 is 1.09 bits per heavy atom. The van der Waals surface area contributed by atoms with Crippen molar-refractivity contribution in [1.29, 1.82) is 0 Å². The molecule has 122 valence electrons. The molecule has 0 saturated heterocycles. The first-order chi connectivity index (χ1) is 11.4. The van der Waals surface area contributed by atoms with E-state index in [1.54, 1.807) is 0 Å². The third kappa shape index (κ3) is 4.11. The molecule has 23 heavy (non-hydrogen) atoms. The Hall–Kier alpha value is -1.41. The molecule has 1 fully saturated rings. The Morgan fingerprint density at radius 2 is 1.78 bits per heavy atom. The van der Waals surface area contributed by atoms with E-state index in [0.29, 0.717) is 0 Å². The lowest BCUT2D eigenvalue weighted by molar-refractivity contribution is 0.357. The smallest absolute Gasteiger partial charge is 0.0799 e.